The molecule has 1 amide bonds. The van der Waals surface area contributed by atoms with E-state index in [-0.39, 0.29) is 30.1 Å². The Hall–Kier alpha value is -2.64. The van der Waals surface area contributed by atoms with E-state index in [1.54, 1.807) is 54.4 Å². The van der Waals surface area contributed by atoms with Gasteiger partial charge in [-0.2, -0.15) is 0 Å². The summed E-state index contributed by atoms with van der Waals surface area (Å²) in [6, 6.07) is 10.0. The van der Waals surface area contributed by atoms with Gasteiger partial charge in [-0.25, -0.2) is 0 Å². The van der Waals surface area contributed by atoms with Crippen molar-refractivity contribution in [2.24, 2.45) is 0 Å². The van der Waals surface area contributed by atoms with E-state index in [1.165, 1.54) is 11.5 Å². The molecule has 0 saturated carbocycles. The third kappa shape index (κ3) is 5.78. The number of amides is 1. The summed E-state index contributed by atoms with van der Waals surface area (Å²) in [5, 5.41) is 8.65. The van der Waals surface area contributed by atoms with Gasteiger partial charge in [0.2, 0.25) is 0 Å². The number of hydrogen-bond acceptors (Lipinski definition) is 4. The van der Waals surface area contributed by atoms with Crippen LogP contribution in [0.1, 0.15) is 22.8 Å². The van der Waals surface area contributed by atoms with Crippen molar-refractivity contribution in [2.45, 2.75) is 17.6 Å². The molecule has 1 aliphatic heterocycles. The fourth-order valence-electron chi connectivity index (χ4n) is 3.80. The molecule has 3 heterocycles. The number of β-amino-alcohol motifs (C(OH)–C–C–N with tert-alkyl or cyclic N) is 1. The first kappa shape index (κ1) is 25.5. The minimum absolute atomic E-state index is 0.123. The minimum atomic E-state index is -4.32. The van der Waals surface area contributed by atoms with Gasteiger partial charge in [0.15, 0.2) is 0 Å². The van der Waals surface area contributed by atoms with Gasteiger partial charge >= 0.3 is 198 Å². The molecule has 0 bridgehead atoms. The number of methoxy groups -OCH3 is 1. The summed E-state index contributed by atoms with van der Waals surface area (Å²) >= 11 is 1.62. The maximum atomic E-state index is 13.2. The number of hydrogen-bond donors (Lipinski definition) is 2. The molecule has 2 aromatic heterocycles. The Balaban J connectivity index is 1.54. The zero-order valence-electron chi connectivity index (χ0n) is 18.7. The van der Waals surface area contributed by atoms with Crippen molar-refractivity contribution < 1.29 is 27.8 Å². The molecule has 0 unspecified atom stereocenters. The molecule has 1 aliphatic rings. The van der Waals surface area contributed by atoms with Gasteiger partial charge in [-0.3, -0.25) is 0 Å². The average molecular weight is 615 g/mol. The predicted molar refractivity (Wildman–Crippen MR) is 131 cm³/mol. The van der Waals surface area contributed by atoms with E-state index in [9.17, 15) is 23.1 Å². The van der Waals surface area contributed by atoms with Gasteiger partial charge in [-0.1, -0.05) is 0 Å². The molecule has 0 radical (unpaired) electrons. The zero-order chi connectivity index (χ0) is 25.4. The number of rotatable bonds is 5. The molecule has 3 aromatic rings. The average Bonchev–Trinajstić information content (AvgIpc) is 3.11. The third-order valence-corrected chi connectivity index (χ3v) is 7.75. The molecule has 0 aliphatic carbocycles. The van der Waals surface area contributed by atoms with Crippen LogP contribution in [-0.2, 0) is 0 Å². The number of aromatic nitrogens is 1. The molecule has 1 saturated heterocycles. The van der Waals surface area contributed by atoms with Crippen molar-refractivity contribution in [3.05, 3.63) is 58.2 Å². The van der Waals surface area contributed by atoms with Crippen LogP contribution in [0.3, 0.4) is 0 Å². The van der Waals surface area contributed by atoms with Gasteiger partial charge in [-0.15, -0.1) is 0 Å². The van der Waals surface area contributed by atoms with Crippen molar-refractivity contribution in [2.75, 3.05) is 32.1 Å². The molecule has 6 nitrogen and oxygen atoms in total. The number of ether oxygens (including phenoxy) is 1. The third-order valence-electron chi connectivity index (χ3n) is 5.31. The second-order valence-electron chi connectivity index (χ2n) is 8.25. The topological polar surface area (TPSA) is 66.2 Å². The van der Waals surface area contributed by atoms with E-state index in [2.05, 4.69) is 33.1 Å². The molecule has 0 atom stereocenters. The van der Waals surface area contributed by atoms with Crippen molar-refractivity contribution >= 4 is 52.6 Å². The van der Waals surface area contributed by atoms with Gasteiger partial charge in [-0.05, 0) is 6.92 Å². The van der Waals surface area contributed by atoms with Crippen molar-refractivity contribution in [1.82, 2.24) is 9.30 Å². The van der Waals surface area contributed by atoms with Crippen LogP contribution in [0.4, 0.5) is 18.9 Å². The number of pyridine rings is 1. The normalized spacial score (nSPS) is 14.8. The molecular weight excluding hydrogens is 594 g/mol. The number of nitrogens with zero attached hydrogens (tertiary/aromatic N) is 2. The molecule has 1 aromatic carbocycles. The van der Waals surface area contributed by atoms with Crippen LogP contribution in [0.5, 0.6) is 5.75 Å². The number of alkyl halides is 3. The maximum absolute atomic E-state index is 13.2. The summed E-state index contributed by atoms with van der Waals surface area (Å²) < 4.78 is 47.4. The molecule has 11 heteroatoms. The summed E-state index contributed by atoms with van der Waals surface area (Å²) in [4.78, 5) is 14.2. The Morgan fingerprint density at radius 3 is 2.71 bits per heavy atom. The number of nitrogens with one attached hydrogen (secondary N) is 1. The molecular formula is C24H21BrF3N3O3Se. The Morgan fingerprint density at radius 1 is 1.31 bits per heavy atom. The van der Waals surface area contributed by atoms with Crippen LogP contribution < -0.4 is 14.6 Å². The molecule has 35 heavy (non-hydrogen) atoms. The summed E-state index contributed by atoms with van der Waals surface area (Å²) in [6.07, 6.45) is 1.59. The standard InChI is InChI=1S/C24H21BrF3N3O3Se/c1-23(33)13-30(14-23)21(32)15-7-8-20(34-2)18(11-15)29-9-3-5-16-12-19-17(25)6-4-10-31(19)22(16)35-24(26,27)28/h4,6-8,10-12,29,33H,9,13-14H2,1-2H3. The molecule has 4 rings (SSSR count). The first-order chi connectivity index (χ1) is 16.5. The number of halogens is 4. The fraction of sp³-hybridized carbons (Fsp3) is 0.292. The second-order valence-corrected chi connectivity index (χ2v) is 11.3. The van der Waals surface area contributed by atoms with Crippen LogP contribution in [0.15, 0.2) is 47.1 Å². The number of likely N-dealkylation sites (tertiary alicyclic amines) is 1. The van der Waals surface area contributed by atoms with Crippen LogP contribution in [0, 0.1) is 11.8 Å². The van der Waals surface area contributed by atoms with Gasteiger partial charge in [0.05, 0.1) is 5.60 Å². The molecule has 2 N–H and O–H groups in total. The Morgan fingerprint density at radius 2 is 2.06 bits per heavy atom. The predicted octanol–water partition coefficient (Wildman–Crippen LogP) is 3.23. The molecule has 1 fully saturated rings. The van der Waals surface area contributed by atoms with Crippen LogP contribution in [0.25, 0.3) is 5.52 Å². The van der Waals surface area contributed by atoms with E-state index in [4.69, 9.17) is 4.74 Å². The number of carbonyl (C=O) groups excluding carboxylic acids is 1. The Labute approximate surface area is 214 Å². The first-order valence-electron chi connectivity index (χ1n) is 10.5. The van der Waals surface area contributed by atoms with E-state index >= 15 is 0 Å². The Bertz CT molecular complexity index is 1340. The number of fused-ring (bicyclic) bond motifs is 1. The summed E-state index contributed by atoms with van der Waals surface area (Å²) in [6.45, 7) is 2.31. The van der Waals surface area contributed by atoms with Crippen LogP contribution >= 0.6 is 15.9 Å². The van der Waals surface area contributed by atoms with Crippen LogP contribution in [0.2, 0.25) is 0 Å². The van der Waals surface area contributed by atoms with E-state index < -0.39 is 25.6 Å². The Kier molecular flexibility index (Phi) is 7.11. The summed E-state index contributed by atoms with van der Waals surface area (Å²) in [5.74, 6) is 6.03. The number of benzene rings is 1. The number of anilines is 1. The van der Waals surface area contributed by atoms with Crippen molar-refractivity contribution in [3.63, 3.8) is 0 Å². The van der Waals surface area contributed by atoms with Crippen molar-refractivity contribution in [1.29, 1.82) is 0 Å². The summed E-state index contributed by atoms with van der Waals surface area (Å²) in [5.41, 5.74) is 1.02. The first-order valence-corrected chi connectivity index (χ1v) is 13.0. The number of carbonyl (C=O) groups is 1. The van der Waals surface area contributed by atoms with E-state index in [0.717, 1.165) is 0 Å². The molecule has 0 spiro atoms. The van der Waals surface area contributed by atoms with Gasteiger partial charge in [0, 0.05) is 0 Å². The van der Waals surface area contributed by atoms with Gasteiger partial charge in [0.1, 0.15) is 0 Å². The summed E-state index contributed by atoms with van der Waals surface area (Å²) in [7, 11) is 1.50. The molecule has 184 valence electrons. The van der Waals surface area contributed by atoms with Gasteiger partial charge < -0.3 is 5.11 Å². The quantitative estimate of drug-likeness (QED) is 0.342. The van der Waals surface area contributed by atoms with Crippen molar-refractivity contribution in [3.8, 4) is 17.6 Å². The number of aliphatic hydroxyl groups is 1. The second kappa shape index (κ2) is 9.78. The van der Waals surface area contributed by atoms with Gasteiger partial charge in [0.25, 0.3) is 0 Å². The zero-order valence-corrected chi connectivity index (χ0v) is 22.0. The van der Waals surface area contributed by atoms with E-state index in [0.29, 0.717) is 32.6 Å². The van der Waals surface area contributed by atoms with E-state index in [1.807, 2.05) is 0 Å². The monoisotopic (exact) mass is 615 g/mol. The fourth-order valence-corrected chi connectivity index (χ4v) is 5.72. The SMILES string of the molecule is COc1ccc(C(=O)N2CC(C)(O)C2)cc1NCC#Cc1cc2c(Br)cccn2c1[Se]C(F)(F)F. The van der Waals surface area contributed by atoms with Crippen LogP contribution in [-0.4, -0.2) is 72.7 Å².